The number of aromatic nitrogens is 1. The predicted molar refractivity (Wildman–Crippen MR) is 116 cm³/mol. The zero-order chi connectivity index (χ0) is 19.3. The third-order valence-electron chi connectivity index (χ3n) is 4.88. The van der Waals surface area contributed by atoms with Gasteiger partial charge in [0.25, 0.3) is 0 Å². The molecule has 0 aliphatic carbocycles. The Kier molecular flexibility index (Phi) is 5.11. The molecule has 3 N–H and O–H groups in total. The Balaban J connectivity index is 1.37. The van der Waals surface area contributed by atoms with Gasteiger partial charge in [-0.05, 0) is 48.4 Å². The Hall–Kier alpha value is -3.53. The molecule has 4 aromatic rings. The van der Waals surface area contributed by atoms with Gasteiger partial charge in [-0.3, -0.25) is 4.79 Å². The smallest absolute Gasteiger partial charge is 0.228 e. The maximum atomic E-state index is 12.4. The van der Waals surface area contributed by atoms with Gasteiger partial charge >= 0.3 is 0 Å². The first-order valence-corrected chi connectivity index (χ1v) is 9.45. The quantitative estimate of drug-likeness (QED) is 0.419. The molecule has 1 aromatic heterocycles. The van der Waals surface area contributed by atoms with Gasteiger partial charge in [-0.25, -0.2) is 0 Å². The lowest BCUT2D eigenvalue weighted by Crippen LogP contribution is -2.14. The average molecular weight is 369 g/mol. The van der Waals surface area contributed by atoms with Crippen molar-refractivity contribution in [3.8, 4) is 0 Å². The lowest BCUT2D eigenvalue weighted by Gasteiger charge is -2.16. The summed E-state index contributed by atoms with van der Waals surface area (Å²) in [5.41, 5.74) is 5.10. The number of anilines is 2. The van der Waals surface area contributed by atoms with Gasteiger partial charge in [0.1, 0.15) is 0 Å². The first-order valence-electron chi connectivity index (χ1n) is 9.45. The van der Waals surface area contributed by atoms with Crippen molar-refractivity contribution in [3.63, 3.8) is 0 Å². The Morgan fingerprint density at radius 2 is 1.57 bits per heavy atom. The molecule has 1 heterocycles. The molecule has 1 atom stereocenters. The number of para-hydroxylation sites is 1. The van der Waals surface area contributed by atoms with E-state index in [-0.39, 0.29) is 11.9 Å². The van der Waals surface area contributed by atoms with E-state index < -0.39 is 0 Å². The molecule has 0 aliphatic heterocycles. The number of aromatic amines is 1. The van der Waals surface area contributed by atoms with E-state index in [1.807, 2.05) is 72.9 Å². The van der Waals surface area contributed by atoms with Gasteiger partial charge in [0, 0.05) is 34.5 Å². The van der Waals surface area contributed by atoms with Crippen LogP contribution in [-0.2, 0) is 11.2 Å². The van der Waals surface area contributed by atoms with Crippen LogP contribution in [0.4, 0.5) is 11.4 Å². The van der Waals surface area contributed by atoms with Gasteiger partial charge in [-0.15, -0.1) is 0 Å². The van der Waals surface area contributed by atoms with Gasteiger partial charge in [0.2, 0.25) is 5.91 Å². The van der Waals surface area contributed by atoms with Crippen molar-refractivity contribution in [2.24, 2.45) is 0 Å². The molecular formula is C24H23N3O. The Labute approximate surface area is 164 Å². The highest BCUT2D eigenvalue weighted by Gasteiger charge is 2.09. The summed E-state index contributed by atoms with van der Waals surface area (Å²) < 4.78 is 0. The molecule has 4 rings (SSSR count). The Morgan fingerprint density at radius 3 is 2.36 bits per heavy atom. The molecule has 140 valence electrons. The molecule has 0 spiro atoms. The van der Waals surface area contributed by atoms with Crippen LogP contribution in [0.3, 0.4) is 0 Å². The first kappa shape index (κ1) is 17.9. The van der Waals surface area contributed by atoms with Gasteiger partial charge in [-0.2, -0.15) is 0 Å². The Bertz CT molecular complexity index is 1070. The highest BCUT2D eigenvalue weighted by atomic mass is 16.1. The lowest BCUT2D eigenvalue weighted by molar-refractivity contribution is -0.115. The zero-order valence-electron chi connectivity index (χ0n) is 15.8. The first-order chi connectivity index (χ1) is 13.7. The van der Waals surface area contributed by atoms with E-state index in [9.17, 15) is 4.79 Å². The van der Waals surface area contributed by atoms with Crippen LogP contribution in [0.1, 0.15) is 24.1 Å². The number of amides is 1. The van der Waals surface area contributed by atoms with E-state index in [4.69, 9.17) is 0 Å². The molecule has 0 aliphatic rings. The van der Waals surface area contributed by atoms with Gasteiger partial charge in [0.05, 0.1) is 6.42 Å². The number of hydrogen-bond acceptors (Lipinski definition) is 2. The summed E-state index contributed by atoms with van der Waals surface area (Å²) in [6.07, 6.45) is 2.25. The largest absolute Gasteiger partial charge is 0.379 e. The maximum absolute atomic E-state index is 12.4. The minimum absolute atomic E-state index is 0.0249. The monoisotopic (exact) mass is 369 g/mol. The number of carbonyl (C=O) groups is 1. The van der Waals surface area contributed by atoms with Crippen molar-refractivity contribution in [3.05, 3.63) is 96.2 Å². The van der Waals surface area contributed by atoms with Crippen molar-refractivity contribution in [2.45, 2.75) is 19.4 Å². The molecule has 1 amide bonds. The van der Waals surface area contributed by atoms with E-state index in [1.165, 1.54) is 5.56 Å². The minimum Gasteiger partial charge on any atom is -0.379 e. The van der Waals surface area contributed by atoms with Crippen LogP contribution in [0.15, 0.2) is 85.1 Å². The van der Waals surface area contributed by atoms with E-state index >= 15 is 0 Å². The van der Waals surface area contributed by atoms with Gasteiger partial charge < -0.3 is 15.6 Å². The van der Waals surface area contributed by atoms with E-state index in [2.05, 4.69) is 34.7 Å². The maximum Gasteiger partial charge on any atom is 0.228 e. The SMILES string of the molecule is CC(Nc1ccc(NC(=O)Cc2c[nH]c3ccccc23)cc1)c1ccccc1. The van der Waals surface area contributed by atoms with Crippen LogP contribution in [0.2, 0.25) is 0 Å². The predicted octanol–water partition coefficient (Wildman–Crippen LogP) is 5.52. The van der Waals surface area contributed by atoms with E-state index in [0.29, 0.717) is 6.42 Å². The summed E-state index contributed by atoms with van der Waals surface area (Å²) in [5.74, 6) is -0.0249. The van der Waals surface area contributed by atoms with Crippen molar-refractivity contribution >= 4 is 28.2 Å². The zero-order valence-corrected chi connectivity index (χ0v) is 15.8. The van der Waals surface area contributed by atoms with Crippen LogP contribution in [0.5, 0.6) is 0 Å². The minimum atomic E-state index is -0.0249. The number of nitrogens with one attached hydrogen (secondary N) is 3. The van der Waals surface area contributed by atoms with Crippen molar-refractivity contribution in [1.82, 2.24) is 4.98 Å². The fourth-order valence-electron chi connectivity index (χ4n) is 3.38. The third-order valence-corrected chi connectivity index (χ3v) is 4.88. The molecule has 28 heavy (non-hydrogen) atoms. The van der Waals surface area contributed by atoms with E-state index in [0.717, 1.165) is 27.8 Å². The average Bonchev–Trinajstić information content (AvgIpc) is 3.13. The highest BCUT2D eigenvalue weighted by Crippen LogP contribution is 2.22. The van der Waals surface area contributed by atoms with Crippen LogP contribution in [-0.4, -0.2) is 10.9 Å². The molecular weight excluding hydrogens is 346 g/mol. The molecule has 0 saturated heterocycles. The fourth-order valence-corrected chi connectivity index (χ4v) is 3.38. The summed E-state index contributed by atoms with van der Waals surface area (Å²) in [6, 6.07) is 26.4. The fraction of sp³-hybridized carbons (Fsp3) is 0.125. The van der Waals surface area contributed by atoms with Crippen LogP contribution in [0.25, 0.3) is 10.9 Å². The number of benzene rings is 3. The molecule has 0 bridgehead atoms. The van der Waals surface area contributed by atoms with Gasteiger partial charge in [-0.1, -0.05) is 48.5 Å². The molecule has 4 heteroatoms. The Morgan fingerprint density at radius 1 is 0.893 bits per heavy atom. The topological polar surface area (TPSA) is 56.9 Å². The summed E-state index contributed by atoms with van der Waals surface area (Å²) in [5, 5.41) is 7.54. The molecule has 1 unspecified atom stereocenters. The molecule has 0 fully saturated rings. The summed E-state index contributed by atoms with van der Waals surface area (Å²) >= 11 is 0. The molecule has 0 radical (unpaired) electrons. The second kappa shape index (κ2) is 8.01. The highest BCUT2D eigenvalue weighted by molar-refractivity contribution is 5.95. The van der Waals surface area contributed by atoms with E-state index in [1.54, 1.807) is 0 Å². The normalized spacial score (nSPS) is 11.9. The van der Waals surface area contributed by atoms with Gasteiger partial charge in [0.15, 0.2) is 0 Å². The van der Waals surface area contributed by atoms with Crippen molar-refractivity contribution < 1.29 is 4.79 Å². The number of H-pyrrole nitrogens is 1. The summed E-state index contributed by atoms with van der Waals surface area (Å²) in [7, 11) is 0. The van der Waals surface area contributed by atoms with Crippen LogP contribution >= 0.6 is 0 Å². The lowest BCUT2D eigenvalue weighted by atomic mass is 10.1. The molecule has 4 nitrogen and oxygen atoms in total. The van der Waals surface area contributed by atoms with Crippen molar-refractivity contribution in [1.29, 1.82) is 0 Å². The second-order valence-electron chi connectivity index (χ2n) is 6.94. The molecule has 3 aromatic carbocycles. The number of rotatable bonds is 6. The van der Waals surface area contributed by atoms with Crippen LogP contribution < -0.4 is 10.6 Å². The third kappa shape index (κ3) is 4.07. The summed E-state index contributed by atoms with van der Waals surface area (Å²) in [6.45, 7) is 2.13. The van der Waals surface area contributed by atoms with Crippen LogP contribution in [0, 0.1) is 0 Å². The standard InChI is InChI=1S/C24H23N3O/c1-17(18-7-3-2-4-8-18)26-20-11-13-21(14-12-20)27-24(28)15-19-16-25-23-10-6-5-9-22(19)23/h2-14,16-17,25-26H,15H2,1H3,(H,27,28). The summed E-state index contributed by atoms with van der Waals surface area (Å²) in [4.78, 5) is 15.6. The number of fused-ring (bicyclic) bond motifs is 1. The number of hydrogen-bond donors (Lipinski definition) is 3. The van der Waals surface area contributed by atoms with Crippen molar-refractivity contribution in [2.75, 3.05) is 10.6 Å². The molecule has 0 saturated carbocycles. The number of carbonyl (C=O) groups excluding carboxylic acids is 1. The second-order valence-corrected chi connectivity index (χ2v) is 6.94.